The van der Waals surface area contributed by atoms with Gasteiger partial charge in [-0.3, -0.25) is 0 Å². The standard InChI is InChI=1S/C18H24N4O2/c1-4-7-17(23)14(5-2)15-12-16(18(19)21-20-15)22-10-8-13(9-11-22)24-6-3/h1,5,7,12-13,23H,6,8-11H2,2-3H3,(H2,19,21)/b14-5-,17-7+. The topological polar surface area (TPSA) is 84.5 Å². The first-order valence-electron chi connectivity index (χ1n) is 8.12. The van der Waals surface area contributed by atoms with E-state index in [0.717, 1.165) is 38.2 Å². The van der Waals surface area contributed by atoms with Gasteiger partial charge in [0.05, 0.1) is 17.5 Å². The first-order chi connectivity index (χ1) is 11.6. The van der Waals surface area contributed by atoms with Crippen molar-refractivity contribution in [2.45, 2.75) is 32.8 Å². The van der Waals surface area contributed by atoms with Crippen LogP contribution in [0, 0.1) is 12.3 Å². The highest BCUT2D eigenvalue weighted by Crippen LogP contribution is 2.29. The molecule has 0 unspecified atom stereocenters. The number of aliphatic hydroxyl groups excluding tert-OH is 1. The van der Waals surface area contributed by atoms with Crippen LogP contribution in [0.1, 0.15) is 32.4 Å². The lowest BCUT2D eigenvalue weighted by Gasteiger charge is -2.33. The van der Waals surface area contributed by atoms with Crippen LogP contribution in [0.5, 0.6) is 0 Å². The summed E-state index contributed by atoms with van der Waals surface area (Å²) in [5.74, 6) is 2.67. The van der Waals surface area contributed by atoms with E-state index in [1.54, 1.807) is 13.0 Å². The molecule has 1 fully saturated rings. The molecule has 0 bridgehead atoms. The molecule has 0 amide bonds. The minimum atomic E-state index is -0.0138. The Kier molecular flexibility index (Phi) is 6.21. The summed E-state index contributed by atoms with van der Waals surface area (Å²) in [6.07, 6.45) is 10.5. The van der Waals surface area contributed by atoms with Crippen LogP contribution in [0.2, 0.25) is 0 Å². The molecule has 1 saturated heterocycles. The minimum Gasteiger partial charge on any atom is -0.507 e. The molecule has 0 spiro atoms. The summed E-state index contributed by atoms with van der Waals surface area (Å²) in [7, 11) is 0. The van der Waals surface area contributed by atoms with Crippen molar-refractivity contribution in [2.75, 3.05) is 30.3 Å². The van der Waals surface area contributed by atoms with Gasteiger partial charge in [0.1, 0.15) is 5.76 Å². The van der Waals surface area contributed by atoms with Gasteiger partial charge >= 0.3 is 0 Å². The Morgan fingerprint density at radius 2 is 2.21 bits per heavy atom. The average molecular weight is 328 g/mol. The molecular formula is C18H24N4O2. The van der Waals surface area contributed by atoms with E-state index in [1.165, 1.54) is 6.08 Å². The number of anilines is 2. The molecule has 0 atom stereocenters. The second kappa shape index (κ2) is 8.37. The third-order valence-electron chi connectivity index (χ3n) is 4.05. The minimum absolute atomic E-state index is 0.0138. The summed E-state index contributed by atoms with van der Waals surface area (Å²) in [5, 5.41) is 18.2. The highest BCUT2D eigenvalue weighted by atomic mass is 16.5. The van der Waals surface area contributed by atoms with Crippen LogP contribution in [0.3, 0.4) is 0 Å². The van der Waals surface area contributed by atoms with Crippen molar-refractivity contribution in [3.05, 3.63) is 29.7 Å². The monoisotopic (exact) mass is 328 g/mol. The van der Waals surface area contributed by atoms with Gasteiger partial charge in [0.15, 0.2) is 5.82 Å². The fraction of sp³-hybridized carbons (Fsp3) is 0.444. The van der Waals surface area contributed by atoms with Crippen molar-refractivity contribution >= 4 is 17.1 Å². The highest BCUT2D eigenvalue weighted by molar-refractivity contribution is 5.78. The van der Waals surface area contributed by atoms with Gasteiger partial charge in [-0.25, -0.2) is 0 Å². The quantitative estimate of drug-likeness (QED) is 0.491. The largest absolute Gasteiger partial charge is 0.507 e. The summed E-state index contributed by atoms with van der Waals surface area (Å²) in [4.78, 5) is 2.18. The van der Waals surface area contributed by atoms with Crippen LogP contribution < -0.4 is 10.6 Å². The maximum Gasteiger partial charge on any atom is 0.169 e. The summed E-state index contributed by atoms with van der Waals surface area (Å²) >= 11 is 0. The number of ether oxygens (including phenoxy) is 1. The molecule has 2 heterocycles. The Labute approximate surface area is 143 Å². The van der Waals surface area contributed by atoms with Crippen LogP contribution >= 0.6 is 0 Å². The predicted molar refractivity (Wildman–Crippen MR) is 96.5 cm³/mol. The van der Waals surface area contributed by atoms with Gasteiger partial charge in [-0.05, 0) is 32.8 Å². The van der Waals surface area contributed by atoms with Gasteiger partial charge < -0.3 is 20.5 Å². The second-order valence-corrected chi connectivity index (χ2v) is 5.54. The maximum absolute atomic E-state index is 10.0. The van der Waals surface area contributed by atoms with E-state index < -0.39 is 0 Å². The zero-order valence-corrected chi connectivity index (χ0v) is 14.2. The van der Waals surface area contributed by atoms with Crippen molar-refractivity contribution < 1.29 is 9.84 Å². The van der Waals surface area contributed by atoms with Gasteiger partial charge in [-0.2, -0.15) is 0 Å². The lowest BCUT2D eigenvalue weighted by atomic mass is 10.1. The molecular weight excluding hydrogens is 304 g/mol. The molecule has 24 heavy (non-hydrogen) atoms. The number of nitrogens with two attached hydrogens (primary N) is 1. The third kappa shape index (κ3) is 4.06. The number of hydrogen-bond donors (Lipinski definition) is 2. The van der Waals surface area contributed by atoms with E-state index in [0.29, 0.717) is 23.2 Å². The van der Waals surface area contributed by atoms with Crippen molar-refractivity contribution in [1.29, 1.82) is 0 Å². The summed E-state index contributed by atoms with van der Waals surface area (Å²) in [6.45, 7) is 6.24. The zero-order chi connectivity index (χ0) is 17.5. The number of aromatic nitrogens is 2. The SMILES string of the molecule is C#C/C=C(O)\C(=C/C)c1cc(N2CCC(OCC)CC2)c(N)nn1. The molecule has 1 aromatic heterocycles. The third-order valence-corrected chi connectivity index (χ3v) is 4.05. The molecule has 6 nitrogen and oxygen atoms in total. The number of terminal acetylenes is 1. The maximum atomic E-state index is 10.0. The molecule has 0 aliphatic carbocycles. The van der Waals surface area contributed by atoms with Gasteiger partial charge in [-0.1, -0.05) is 12.0 Å². The number of allylic oxidation sites excluding steroid dienone is 3. The Bertz CT molecular complexity index is 668. The molecule has 1 aromatic rings. The molecule has 0 aromatic carbocycles. The fourth-order valence-corrected chi connectivity index (χ4v) is 2.86. The molecule has 1 aliphatic heterocycles. The smallest absolute Gasteiger partial charge is 0.169 e. The number of aliphatic hydroxyl groups is 1. The molecule has 3 N–H and O–H groups in total. The number of hydrogen-bond acceptors (Lipinski definition) is 6. The first-order valence-corrected chi connectivity index (χ1v) is 8.12. The summed E-state index contributed by atoms with van der Waals surface area (Å²) < 4.78 is 5.68. The number of nitrogen functional groups attached to an aromatic ring is 1. The molecule has 2 rings (SSSR count). The summed E-state index contributed by atoms with van der Waals surface area (Å²) in [5.41, 5.74) is 7.91. The van der Waals surface area contributed by atoms with E-state index in [4.69, 9.17) is 16.9 Å². The van der Waals surface area contributed by atoms with Crippen molar-refractivity contribution in [1.82, 2.24) is 10.2 Å². The van der Waals surface area contributed by atoms with Crippen molar-refractivity contribution in [3.8, 4) is 12.3 Å². The van der Waals surface area contributed by atoms with Gasteiger partial charge in [0, 0.05) is 31.3 Å². The van der Waals surface area contributed by atoms with Gasteiger partial charge in [-0.15, -0.1) is 16.6 Å². The molecule has 128 valence electrons. The normalized spacial score (nSPS) is 17.0. The van der Waals surface area contributed by atoms with Crippen molar-refractivity contribution in [3.63, 3.8) is 0 Å². The van der Waals surface area contributed by atoms with Crippen LogP contribution in [0.4, 0.5) is 11.5 Å². The van der Waals surface area contributed by atoms with E-state index >= 15 is 0 Å². The summed E-state index contributed by atoms with van der Waals surface area (Å²) in [6, 6.07) is 1.85. The molecule has 0 radical (unpaired) electrons. The van der Waals surface area contributed by atoms with E-state index in [9.17, 15) is 5.11 Å². The van der Waals surface area contributed by atoms with Gasteiger partial charge in [0.2, 0.25) is 0 Å². The van der Waals surface area contributed by atoms with E-state index in [1.807, 2.05) is 13.0 Å². The Hall–Kier alpha value is -2.52. The second-order valence-electron chi connectivity index (χ2n) is 5.54. The molecule has 1 aliphatic rings. The Morgan fingerprint density at radius 3 is 2.79 bits per heavy atom. The Balaban J connectivity index is 2.24. The lowest BCUT2D eigenvalue weighted by Crippen LogP contribution is -2.37. The number of piperidine rings is 1. The highest BCUT2D eigenvalue weighted by Gasteiger charge is 2.22. The predicted octanol–water partition coefficient (Wildman–Crippen LogP) is 2.54. The fourth-order valence-electron chi connectivity index (χ4n) is 2.86. The van der Waals surface area contributed by atoms with Gasteiger partial charge in [0.25, 0.3) is 0 Å². The number of nitrogens with zero attached hydrogens (tertiary/aromatic N) is 3. The van der Waals surface area contributed by atoms with Crippen LogP contribution in [0.25, 0.3) is 5.57 Å². The van der Waals surface area contributed by atoms with Crippen molar-refractivity contribution in [2.24, 2.45) is 0 Å². The van der Waals surface area contributed by atoms with Crippen LogP contribution in [-0.4, -0.2) is 41.1 Å². The van der Waals surface area contributed by atoms with Crippen LogP contribution in [0.15, 0.2) is 24.0 Å². The zero-order valence-electron chi connectivity index (χ0n) is 14.2. The Morgan fingerprint density at radius 1 is 1.50 bits per heavy atom. The first kappa shape index (κ1) is 17.8. The lowest BCUT2D eigenvalue weighted by molar-refractivity contribution is 0.0459. The van der Waals surface area contributed by atoms with E-state index in [2.05, 4.69) is 21.0 Å². The van der Waals surface area contributed by atoms with Crippen LogP contribution in [-0.2, 0) is 4.74 Å². The molecule has 6 heteroatoms. The van der Waals surface area contributed by atoms with E-state index in [-0.39, 0.29) is 5.76 Å². The number of rotatable bonds is 5. The average Bonchev–Trinajstić information content (AvgIpc) is 2.58. The molecule has 0 saturated carbocycles.